The van der Waals surface area contributed by atoms with Crippen molar-refractivity contribution in [3.8, 4) is 0 Å². The summed E-state index contributed by atoms with van der Waals surface area (Å²) in [6, 6.07) is -1.09. The van der Waals surface area contributed by atoms with Crippen molar-refractivity contribution >= 4 is 29.0 Å². The number of carboxylic acid groups (broad SMARTS) is 1. The number of nitrogens with one attached hydrogen (secondary N) is 2. The molecule has 0 saturated carbocycles. The van der Waals surface area contributed by atoms with Crippen LogP contribution in [0.5, 0.6) is 0 Å². The Morgan fingerprint density at radius 1 is 1.45 bits per heavy atom. The first-order chi connectivity index (χ1) is 9.38. The summed E-state index contributed by atoms with van der Waals surface area (Å²) >= 11 is 0. The van der Waals surface area contributed by atoms with E-state index in [1.165, 1.54) is 6.92 Å². The highest BCUT2D eigenvalue weighted by Crippen LogP contribution is 2.03. The van der Waals surface area contributed by atoms with Crippen LogP contribution < -0.4 is 16.6 Å². The monoisotopic (exact) mass is 278 g/mol. The third-order valence-electron chi connectivity index (χ3n) is 2.39. The van der Waals surface area contributed by atoms with E-state index >= 15 is 0 Å². The number of amides is 1. The Bertz CT molecular complexity index is 755. The van der Waals surface area contributed by atoms with Crippen molar-refractivity contribution in [2.45, 2.75) is 13.0 Å². The molecule has 2 heterocycles. The fourth-order valence-corrected chi connectivity index (χ4v) is 1.38. The molecule has 0 bridgehead atoms. The van der Waals surface area contributed by atoms with Gasteiger partial charge < -0.3 is 16.2 Å². The van der Waals surface area contributed by atoms with Crippen LogP contribution in [-0.4, -0.2) is 43.0 Å². The summed E-state index contributed by atoms with van der Waals surface area (Å²) in [5.41, 5.74) is 4.45. The molecular formula is C10H10N6O4. The van der Waals surface area contributed by atoms with Gasteiger partial charge in [-0.2, -0.15) is 4.98 Å². The smallest absolute Gasteiger partial charge is 0.325 e. The van der Waals surface area contributed by atoms with Gasteiger partial charge in [0.25, 0.3) is 11.5 Å². The molecular weight excluding hydrogens is 268 g/mol. The van der Waals surface area contributed by atoms with Gasteiger partial charge in [0.15, 0.2) is 11.2 Å². The second-order valence-corrected chi connectivity index (χ2v) is 3.91. The number of hydrogen-bond acceptors (Lipinski definition) is 7. The Kier molecular flexibility index (Phi) is 3.29. The standard InChI is InChI=1S/C10H10N6O4/c1-3(9(19)20)13-7(17)4-2-12-5-6(14-4)15-10(11)16-8(5)18/h2-3H,1H3,(H,13,17)(H,19,20)(H3,11,14,15,16,18)/t3-/m0/s1. The minimum atomic E-state index is -1.19. The Morgan fingerprint density at radius 2 is 2.15 bits per heavy atom. The van der Waals surface area contributed by atoms with Crippen molar-refractivity contribution in [3.63, 3.8) is 0 Å². The molecule has 10 heteroatoms. The molecule has 1 amide bonds. The van der Waals surface area contributed by atoms with E-state index in [1.807, 2.05) is 0 Å². The average molecular weight is 278 g/mol. The van der Waals surface area contributed by atoms with E-state index in [-0.39, 0.29) is 22.8 Å². The third kappa shape index (κ3) is 2.53. The minimum Gasteiger partial charge on any atom is -0.480 e. The maximum atomic E-state index is 11.8. The second-order valence-electron chi connectivity index (χ2n) is 3.91. The zero-order valence-electron chi connectivity index (χ0n) is 10.2. The highest BCUT2D eigenvalue weighted by molar-refractivity contribution is 5.95. The number of hydrogen-bond donors (Lipinski definition) is 4. The lowest BCUT2D eigenvalue weighted by Gasteiger charge is -2.08. The molecule has 2 aromatic heterocycles. The largest absolute Gasteiger partial charge is 0.480 e. The number of fused-ring (bicyclic) bond motifs is 1. The van der Waals surface area contributed by atoms with Gasteiger partial charge >= 0.3 is 5.97 Å². The molecule has 0 spiro atoms. The van der Waals surface area contributed by atoms with Crippen molar-refractivity contribution in [2.75, 3.05) is 5.73 Å². The molecule has 0 aliphatic heterocycles. The summed E-state index contributed by atoms with van der Waals surface area (Å²) < 4.78 is 0. The molecule has 0 unspecified atom stereocenters. The Morgan fingerprint density at radius 3 is 2.80 bits per heavy atom. The fourth-order valence-electron chi connectivity index (χ4n) is 1.38. The Labute approximate surface area is 111 Å². The number of carbonyl (C=O) groups excluding carboxylic acids is 1. The van der Waals surface area contributed by atoms with Gasteiger partial charge in [-0.3, -0.25) is 19.4 Å². The van der Waals surface area contributed by atoms with Crippen molar-refractivity contribution in [1.29, 1.82) is 0 Å². The van der Waals surface area contributed by atoms with E-state index < -0.39 is 23.5 Å². The van der Waals surface area contributed by atoms with Gasteiger partial charge in [-0.25, -0.2) is 9.97 Å². The average Bonchev–Trinajstić information content (AvgIpc) is 2.37. The number of aliphatic carboxylic acids is 1. The van der Waals surface area contributed by atoms with E-state index in [0.29, 0.717) is 0 Å². The predicted octanol–water partition coefficient (Wildman–Crippen LogP) is -1.50. The number of nitrogen functional groups attached to an aromatic ring is 1. The molecule has 0 aromatic carbocycles. The predicted molar refractivity (Wildman–Crippen MR) is 66.9 cm³/mol. The highest BCUT2D eigenvalue weighted by Gasteiger charge is 2.17. The summed E-state index contributed by atoms with van der Waals surface area (Å²) in [5, 5.41) is 10.9. The van der Waals surface area contributed by atoms with Crippen molar-refractivity contribution in [2.24, 2.45) is 0 Å². The summed E-state index contributed by atoms with van der Waals surface area (Å²) in [6.07, 6.45) is 1.05. The zero-order chi connectivity index (χ0) is 14.9. The molecule has 0 aliphatic carbocycles. The van der Waals surface area contributed by atoms with Crippen LogP contribution in [0.3, 0.4) is 0 Å². The maximum absolute atomic E-state index is 11.8. The van der Waals surface area contributed by atoms with E-state index in [2.05, 4.69) is 25.3 Å². The van der Waals surface area contributed by atoms with E-state index in [0.717, 1.165) is 6.20 Å². The number of rotatable bonds is 3. The second kappa shape index (κ2) is 4.91. The Balaban J connectivity index is 2.39. The molecule has 1 atom stereocenters. The van der Waals surface area contributed by atoms with Crippen LogP contribution in [0.2, 0.25) is 0 Å². The fraction of sp³-hybridized carbons (Fsp3) is 0.200. The highest BCUT2D eigenvalue weighted by atomic mass is 16.4. The molecule has 2 rings (SSSR count). The molecule has 20 heavy (non-hydrogen) atoms. The quantitative estimate of drug-likeness (QED) is 0.526. The van der Waals surface area contributed by atoms with Crippen LogP contribution in [0.15, 0.2) is 11.0 Å². The lowest BCUT2D eigenvalue weighted by Crippen LogP contribution is -2.38. The number of aromatic amines is 1. The summed E-state index contributed by atoms with van der Waals surface area (Å²) in [7, 11) is 0. The van der Waals surface area contributed by atoms with E-state index in [4.69, 9.17) is 10.8 Å². The van der Waals surface area contributed by atoms with Gasteiger partial charge in [-0.15, -0.1) is 0 Å². The van der Waals surface area contributed by atoms with Gasteiger partial charge in [-0.05, 0) is 6.92 Å². The molecule has 5 N–H and O–H groups in total. The van der Waals surface area contributed by atoms with Gasteiger partial charge in [0, 0.05) is 0 Å². The molecule has 104 valence electrons. The third-order valence-corrected chi connectivity index (χ3v) is 2.39. The van der Waals surface area contributed by atoms with Crippen LogP contribution in [-0.2, 0) is 4.79 Å². The van der Waals surface area contributed by atoms with Crippen LogP contribution in [0, 0.1) is 0 Å². The van der Waals surface area contributed by atoms with Crippen LogP contribution >= 0.6 is 0 Å². The molecule has 0 aliphatic rings. The zero-order valence-corrected chi connectivity index (χ0v) is 10.2. The molecule has 0 saturated heterocycles. The number of nitrogens with zero attached hydrogens (tertiary/aromatic N) is 3. The minimum absolute atomic E-state index is 0.0676. The SMILES string of the molecule is C[C@H](NC(=O)c1cnc2c(=O)[nH]c(N)nc2n1)C(=O)O. The van der Waals surface area contributed by atoms with E-state index in [1.54, 1.807) is 0 Å². The number of carboxylic acids is 1. The number of carbonyl (C=O) groups is 2. The normalized spacial score (nSPS) is 12.1. The number of aromatic nitrogens is 4. The first-order valence-electron chi connectivity index (χ1n) is 5.44. The van der Waals surface area contributed by atoms with Crippen molar-refractivity contribution in [1.82, 2.24) is 25.3 Å². The molecule has 2 aromatic rings. The molecule has 0 radical (unpaired) electrons. The summed E-state index contributed by atoms with van der Waals surface area (Å²) in [4.78, 5) is 47.5. The number of nitrogens with two attached hydrogens (primary N) is 1. The van der Waals surface area contributed by atoms with E-state index in [9.17, 15) is 14.4 Å². The lowest BCUT2D eigenvalue weighted by molar-refractivity contribution is -0.138. The van der Waals surface area contributed by atoms with Crippen molar-refractivity contribution in [3.05, 3.63) is 22.2 Å². The van der Waals surface area contributed by atoms with Gasteiger partial charge in [0.1, 0.15) is 11.7 Å². The number of anilines is 1. The summed E-state index contributed by atoms with van der Waals surface area (Å²) in [6.45, 7) is 1.30. The number of H-pyrrole nitrogens is 1. The maximum Gasteiger partial charge on any atom is 0.325 e. The lowest BCUT2D eigenvalue weighted by atomic mass is 10.3. The van der Waals surface area contributed by atoms with Gasteiger partial charge in [-0.1, -0.05) is 0 Å². The van der Waals surface area contributed by atoms with Crippen LogP contribution in [0.1, 0.15) is 17.4 Å². The van der Waals surface area contributed by atoms with Crippen molar-refractivity contribution < 1.29 is 14.7 Å². The van der Waals surface area contributed by atoms with Gasteiger partial charge in [0.05, 0.1) is 6.20 Å². The topological polar surface area (TPSA) is 164 Å². The first-order valence-corrected chi connectivity index (χ1v) is 5.44. The van der Waals surface area contributed by atoms with Gasteiger partial charge in [0.2, 0.25) is 5.95 Å². The molecule has 0 fully saturated rings. The first kappa shape index (κ1) is 13.4. The summed E-state index contributed by atoms with van der Waals surface area (Å²) in [5.74, 6) is -2.09. The molecule has 10 nitrogen and oxygen atoms in total. The Hall–Kier alpha value is -3.04. The van der Waals surface area contributed by atoms with Crippen LogP contribution in [0.25, 0.3) is 11.2 Å². The van der Waals surface area contributed by atoms with Crippen LogP contribution in [0.4, 0.5) is 5.95 Å².